The molecule has 0 aliphatic carbocycles. The van der Waals surface area contributed by atoms with E-state index in [0.29, 0.717) is 0 Å². The highest BCUT2D eigenvalue weighted by Crippen LogP contribution is 2.37. The van der Waals surface area contributed by atoms with Crippen LogP contribution in [-0.2, 0) is 4.74 Å². The second kappa shape index (κ2) is 7.02. The molecule has 1 atom stereocenters. The van der Waals surface area contributed by atoms with Gasteiger partial charge >= 0.3 is 17.8 Å². The number of nitrogens with zero attached hydrogens (tertiary/aromatic N) is 3. The normalized spacial score (nSPS) is 18.3. The summed E-state index contributed by atoms with van der Waals surface area (Å²) in [4.78, 5) is 27.5. The van der Waals surface area contributed by atoms with Crippen LogP contribution >= 0.6 is 0 Å². The topological polar surface area (TPSA) is 85.6 Å². The Labute approximate surface area is 135 Å². The second-order valence-corrected chi connectivity index (χ2v) is 5.34. The molecule has 1 unspecified atom stereocenters. The number of hydrogen-bond acceptors (Lipinski definition) is 6. The summed E-state index contributed by atoms with van der Waals surface area (Å²) in [6.45, 7) is 1.34. The van der Waals surface area contributed by atoms with Gasteiger partial charge in [-0.1, -0.05) is 0 Å². The molecule has 2 rings (SSSR count). The summed E-state index contributed by atoms with van der Waals surface area (Å²) in [5.74, 6) is -2.73. The molecular formula is C14H16F3N3O4. The maximum atomic E-state index is 12.9. The maximum Gasteiger partial charge on any atom is 0.393 e. The molecule has 2 heterocycles. The Morgan fingerprint density at radius 1 is 1.54 bits per heavy atom. The number of halogens is 3. The first kappa shape index (κ1) is 18.0. The minimum atomic E-state index is -4.38. The number of carbonyl (C=O) groups excluding carboxylic acids is 1. The molecule has 0 spiro atoms. The minimum Gasteiger partial charge on any atom is -0.462 e. The first-order chi connectivity index (χ1) is 11.3. The fraction of sp³-hybridized carbons (Fsp3) is 0.571. The number of anilines is 1. The number of nitro groups is 1. The van der Waals surface area contributed by atoms with Gasteiger partial charge in [0.25, 0.3) is 0 Å². The Bertz CT molecular complexity index is 636. The Kier molecular flexibility index (Phi) is 5.25. The smallest absolute Gasteiger partial charge is 0.393 e. The van der Waals surface area contributed by atoms with Crippen molar-refractivity contribution in [2.24, 2.45) is 5.92 Å². The van der Waals surface area contributed by atoms with Crippen molar-refractivity contribution in [3.05, 3.63) is 27.9 Å². The molecule has 7 nitrogen and oxygen atoms in total. The number of rotatable bonds is 4. The number of piperidine rings is 1. The number of aromatic nitrogens is 1. The summed E-state index contributed by atoms with van der Waals surface area (Å²) in [5.41, 5.74) is -0.945. The number of pyridine rings is 1. The fourth-order valence-corrected chi connectivity index (χ4v) is 2.66. The van der Waals surface area contributed by atoms with Gasteiger partial charge in [0.15, 0.2) is 0 Å². The zero-order valence-electron chi connectivity index (χ0n) is 12.9. The number of alkyl halides is 3. The van der Waals surface area contributed by atoms with Crippen LogP contribution in [0.25, 0.3) is 0 Å². The highest BCUT2D eigenvalue weighted by Gasteiger charge is 2.43. The van der Waals surface area contributed by atoms with Crippen molar-refractivity contribution in [3.63, 3.8) is 0 Å². The molecule has 1 aromatic rings. The van der Waals surface area contributed by atoms with Crippen LogP contribution in [0.1, 0.15) is 30.1 Å². The van der Waals surface area contributed by atoms with E-state index in [1.807, 2.05) is 0 Å². The van der Waals surface area contributed by atoms with Crippen LogP contribution in [0.3, 0.4) is 0 Å². The molecule has 0 radical (unpaired) electrons. The second-order valence-electron chi connectivity index (χ2n) is 5.34. The molecule has 0 saturated carbocycles. The van der Waals surface area contributed by atoms with E-state index in [2.05, 4.69) is 4.98 Å². The summed E-state index contributed by atoms with van der Waals surface area (Å²) in [5, 5.41) is 11.4. The van der Waals surface area contributed by atoms with E-state index in [9.17, 15) is 28.1 Å². The van der Waals surface area contributed by atoms with Gasteiger partial charge in [0.05, 0.1) is 17.4 Å². The van der Waals surface area contributed by atoms with Crippen LogP contribution in [-0.4, -0.2) is 41.7 Å². The van der Waals surface area contributed by atoms with Gasteiger partial charge in [-0.15, -0.1) is 0 Å². The van der Waals surface area contributed by atoms with Crippen LogP contribution < -0.4 is 4.90 Å². The molecule has 0 aromatic carbocycles. The van der Waals surface area contributed by atoms with E-state index in [1.54, 1.807) is 6.92 Å². The Morgan fingerprint density at radius 3 is 2.83 bits per heavy atom. The quantitative estimate of drug-likeness (QED) is 0.473. The Balaban J connectivity index is 2.41. The van der Waals surface area contributed by atoms with Gasteiger partial charge in [-0.3, -0.25) is 10.1 Å². The summed E-state index contributed by atoms with van der Waals surface area (Å²) in [6.07, 6.45) is -3.03. The lowest BCUT2D eigenvalue weighted by molar-refractivity contribution is -0.384. The van der Waals surface area contributed by atoms with Gasteiger partial charge in [0.1, 0.15) is 5.56 Å². The molecule has 10 heteroatoms. The zero-order valence-corrected chi connectivity index (χ0v) is 12.9. The molecule has 1 aliphatic heterocycles. The molecule has 1 saturated heterocycles. The van der Waals surface area contributed by atoms with E-state index in [1.165, 1.54) is 4.90 Å². The van der Waals surface area contributed by atoms with Crippen LogP contribution in [0.4, 0.5) is 24.7 Å². The highest BCUT2D eigenvalue weighted by atomic mass is 19.4. The molecule has 1 aliphatic rings. The minimum absolute atomic E-state index is 0.0213. The zero-order chi connectivity index (χ0) is 17.9. The monoisotopic (exact) mass is 347 g/mol. The average Bonchev–Trinajstić information content (AvgIpc) is 2.53. The van der Waals surface area contributed by atoms with Crippen molar-refractivity contribution in [2.75, 3.05) is 24.6 Å². The molecule has 24 heavy (non-hydrogen) atoms. The molecule has 0 amide bonds. The van der Waals surface area contributed by atoms with Gasteiger partial charge in [-0.05, 0) is 25.8 Å². The predicted molar refractivity (Wildman–Crippen MR) is 77.8 cm³/mol. The fourth-order valence-electron chi connectivity index (χ4n) is 2.66. The number of carbonyl (C=O) groups is 1. The van der Waals surface area contributed by atoms with Crippen LogP contribution in [0.5, 0.6) is 0 Å². The third-order valence-electron chi connectivity index (χ3n) is 3.77. The van der Waals surface area contributed by atoms with Crippen molar-refractivity contribution in [3.8, 4) is 0 Å². The van der Waals surface area contributed by atoms with Crippen molar-refractivity contribution >= 4 is 17.5 Å². The summed E-state index contributed by atoms with van der Waals surface area (Å²) in [6, 6.07) is 1.13. The number of hydrogen-bond donors (Lipinski definition) is 0. The van der Waals surface area contributed by atoms with E-state index in [0.717, 1.165) is 12.3 Å². The van der Waals surface area contributed by atoms with E-state index in [4.69, 9.17) is 4.74 Å². The average molecular weight is 347 g/mol. The van der Waals surface area contributed by atoms with Crippen LogP contribution in [0.15, 0.2) is 12.3 Å². The van der Waals surface area contributed by atoms with E-state index in [-0.39, 0.29) is 37.4 Å². The maximum absolute atomic E-state index is 12.9. The van der Waals surface area contributed by atoms with Crippen LogP contribution in [0, 0.1) is 16.0 Å². The number of ether oxygens (including phenoxy) is 1. The van der Waals surface area contributed by atoms with Gasteiger partial charge in [0, 0.05) is 19.3 Å². The Hall–Kier alpha value is -2.39. The third-order valence-corrected chi connectivity index (χ3v) is 3.77. The van der Waals surface area contributed by atoms with Gasteiger partial charge in [-0.2, -0.15) is 13.2 Å². The summed E-state index contributed by atoms with van der Waals surface area (Å²) in [7, 11) is 0. The molecule has 0 bridgehead atoms. The van der Waals surface area contributed by atoms with Gasteiger partial charge in [0.2, 0.25) is 5.82 Å². The summed E-state index contributed by atoms with van der Waals surface area (Å²) >= 11 is 0. The lowest BCUT2D eigenvalue weighted by Crippen LogP contribution is -2.42. The highest BCUT2D eigenvalue weighted by molar-refractivity contribution is 5.96. The first-order valence-electron chi connectivity index (χ1n) is 7.37. The predicted octanol–water partition coefficient (Wildman–Crippen LogP) is 2.95. The van der Waals surface area contributed by atoms with Crippen molar-refractivity contribution in [1.29, 1.82) is 0 Å². The molecular weight excluding hydrogens is 331 g/mol. The van der Waals surface area contributed by atoms with Crippen LogP contribution in [0.2, 0.25) is 0 Å². The third kappa shape index (κ3) is 3.74. The van der Waals surface area contributed by atoms with Gasteiger partial charge < -0.3 is 9.64 Å². The van der Waals surface area contributed by atoms with E-state index >= 15 is 0 Å². The lowest BCUT2D eigenvalue weighted by Gasteiger charge is -2.34. The van der Waals surface area contributed by atoms with Gasteiger partial charge in [-0.25, -0.2) is 9.78 Å². The standard InChI is InChI=1S/C14H16F3N3O4/c1-2-24-13(21)10-5-6-18-12(11(10)20(22)23)19-7-3-4-9(8-19)14(15,16)17/h5-6,9H,2-4,7-8H2,1H3. The molecule has 1 aromatic heterocycles. The van der Waals surface area contributed by atoms with Crippen molar-refractivity contribution in [1.82, 2.24) is 4.98 Å². The summed E-state index contributed by atoms with van der Waals surface area (Å²) < 4.78 is 43.6. The lowest BCUT2D eigenvalue weighted by atomic mass is 9.97. The SMILES string of the molecule is CCOC(=O)c1ccnc(N2CCCC(C(F)(F)F)C2)c1[N+](=O)[O-]. The van der Waals surface area contributed by atoms with E-state index < -0.39 is 35.2 Å². The largest absolute Gasteiger partial charge is 0.462 e. The van der Waals surface area contributed by atoms with Crippen molar-refractivity contribution < 1.29 is 27.6 Å². The molecule has 1 fully saturated rings. The first-order valence-corrected chi connectivity index (χ1v) is 7.37. The molecule has 0 N–H and O–H groups in total. The number of esters is 1. The molecule has 132 valence electrons. The van der Waals surface area contributed by atoms with Crippen molar-refractivity contribution in [2.45, 2.75) is 25.9 Å². The Morgan fingerprint density at radius 2 is 2.25 bits per heavy atom.